The largest absolute Gasteiger partial charge is 0.396 e. The highest BCUT2D eigenvalue weighted by atomic mass is 32.2. The Morgan fingerprint density at radius 1 is 1.05 bits per heavy atom. The monoisotopic (exact) mass is 331 g/mol. The molecule has 0 radical (unpaired) electrons. The number of nitrogens with zero attached hydrogens (tertiary/aromatic N) is 3. The maximum absolute atomic E-state index is 8.88. The average Bonchev–Trinajstić information content (AvgIpc) is 3.21. The van der Waals surface area contributed by atoms with Crippen molar-refractivity contribution < 1.29 is 5.11 Å². The molecule has 0 unspecified atom stereocenters. The minimum Gasteiger partial charge on any atom is -0.396 e. The van der Waals surface area contributed by atoms with Gasteiger partial charge in [0.2, 0.25) is 0 Å². The summed E-state index contributed by atoms with van der Waals surface area (Å²) in [7, 11) is 0. The Labute approximate surface area is 137 Å². The maximum Gasteiger partial charge on any atom is 0.196 e. The third-order valence-electron chi connectivity index (χ3n) is 3.17. The predicted octanol–water partition coefficient (Wildman–Crippen LogP) is 3.86. The van der Waals surface area contributed by atoms with E-state index in [2.05, 4.69) is 33.0 Å². The second-order valence-electron chi connectivity index (χ2n) is 4.73. The van der Waals surface area contributed by atoms with Gasteiger partial charge in [-0.05, 0) is 36.4 Å². The van der Waals surface area contributed by atoms with Crippen molar-refractivity contribution in [3.63, 3.8) is 0 Å². The van der Waals surface area contributed by atoms with Gasteiger partial charge >= 0.3 is 0 Å². The Morgan fingerprint density at radius 2 is 1.91 bits per heavy atom. The third-order valence-corrected chi connectivity index (χ3v) is 5.05. The van der Waals surface area contributed by atoms with Crippen molar-refractivity contribution in [3.8, 4) is 16.4 Å². The minimum absolute atomic E-state index is 0.242. The van der Waals surface area contributed by atoms with Gasteiger partial charge in [0, 0.05) is 18.0 Å². The number of para-hydroxylation sites is 1. The van der Waals surface area contributed by atoms with Gasteiger partial charge in [-0.3, -0.25) is 4.57 Å². The molecule has 0 fully saturated rings. The van der Waals surface area contributed by atoms with E-state index in [1.807, 2.05) is 29.6 Å². The molecule has 0 spiro atoms. The first-order valence-electron chi connectivity index (χ1n) is 7.18. The van der Waals surface area contributed by atoms with Crippen LogP contribution >= 0.6 is 23.1 Å². The lowest BCUT2D eigenvalue weighted by molar-refractivity contribution is 0.287. The summed E-state index contributed by atoms with van der Waals surface area (Å²) < 4.78 is 2.11. The molecule has 3 rings (SSSR count). The van der Waals surface area contributed by atoms with Crippen molar-refractivity contribution in [1.29, 1.82) is 0 Å². The van der Waals surface area contributed by atoms with Crippen LogP contribution in [0, 0.1) is 0 Å². The van der Waals surface area contributed by atoms with Crippen LogP contribution in [0.2, 0.25) is 0 Å². The number of thiophene rings is 1. The van der Waals surface area contributed by atoms with E-state index in [9.17, 15) is 0 Å². The first-order valence-corrected chi connectivity index (χ1v) is 9.05. The molecule has 1 N–H and O–H groups in total. The topological polar surface area (TPSA) is 50.9 Å². The highest BCUT2D eigenvalue weighted by Gasteiger charge is 2.16. The molecule has 3 aromatic rings. The van der Waals surface area contributed by atoms with Gasteiger partial charge in [-0.25, -0.2) is 0 Å². The quantitative estimate of drug-likeness (QED) is 0.527. The number of rotatable bonds is 7. The highest BCUT2D eigenvalue weighted by molar-refractivity contribution is 7.99. The standard InChI is InChI=1S/C16H17N3OS2/c20-10-4-5-11-22-16-18-17-15(14-9-6-12-21-14)19(16)13-7-2-1-3-8-13/h1-3,6-9,12,20H,4-5,10-11H2. The molecule has 0 saturated carbocycles. The van der Waals surface area contributed by atoms with Crippen LogP contribution < -0.4 is 0 Å². The zero-order valence-electron chi connectivity index (χ0n) is 12.1. The number of aromatic nitrogens is 3. The molecule has 114 valence electrons. The number of benzene rings is 1. The van der Waals surface area contributed by atoms with Crippen LogP contribution in [0.1, 0.15) is 12.8 Å². The molecule has 4 nitrogen and oxygen atoms in total. The van der Waals surface area contributed by atoms with Gasteiger partial charge in [-0.2, -0.15) is 0 Å². The van der Waals surface area contributed by atoms with Crippen LogP contribution in [0.5, 0.6) is 0 Å². The second kappa shape index (κ2) is 7.58. The molecule has 0 aliphatic heterocycles. The van der Waals surface area contributed by atoms with Gasteiger partial charge < -0.3 is 5.11 Å². The Balaban J connectivity index is 1.93. The summed E-state index contributed by atoms with van der Waals surface area (Å²) >= 11 is 3.35. The zero-order chi connectivity index (χ0) is 15.2. The lowest BCUT2D eigenvalue weighted by Crippen LogP contribution is -1.99. The van der Waals surface area contributed by atoms with E-state index in [0.717, 1.165) is 40.1 Å². The molecule has 0 saturated heterocycles. The summed E-state index contributed by atoms with van der Waals surface area (Å²) in [5.74, 6) is 1.81. The Kier molecular flexibility index (Phi) is 5.26. The Morgan fingerprint density at radius 3 is 2.64 bits per heavy atom. The SMILES string of the molecule is OCCCCSc1nnc(-c2cccs2)n1-c1ccccc1. The molecule has 0 aliphatic carbocycles. The van der Waals surface area contributed by atoms with Crippen LogP contribution in [-0.2, 0) is 0 Å². The highest BCUT2D eigenvalue weighted by Crippen LogP contribution is 2.30. The molecule has 2 heterocycles. The van der Waals surface area contributed by atoms with Gasteiger partial charge in [0.25, 0.3) is 0 Å². The van der Waals surface area contributed by atoms with Crippen molar-refractivity contribution in [3.05, 3.63) is 47.8 Å². The normalized spacial score (nSPS) is 11.0. The van der Waals surface area contributed by atoms with E-state index in [0.29, 0.717) is 0 Å². The number of unbranched alkanes of at least 4 members (excludes halogenated alkanes) is 1. The van der Waals surface area contributed by atoms with Gasteiger partial charge in [0.15, 0.2) is 11.0 Å². The van der Waals surface area contributed by atoms with E-state index in [1.165, 1.54) is 0 Å². The molecule has 0 aliphatic rings. The van der Waals surface area contributed by atoms with Crippen LogP contribution in [0.4, 0.5) is 0 Å². The van der Waals surface area contributed by atoms with Gasteiger partial charge in [0.1, 0.15) is 0 Å². The van der Waals surface area contributed by atoms with Crippen LogP contribution in [0.25, 0.3) is 16.4 Å². The Hall–Kier alpha value is -1.63. The number of hydrogen-bond donors (Lipinski definition) is 1. The molecule has 0 atom stereocenters. The fourth-order valence-electron chi connectivity index (χ4n) is 2.12. The van der Waals surface area contributed by atoms with Crippen molar-refractivity contribution >= 4 is 23.1 Å². The van der Waals surface area contributed by atoms with E-state index in [-0.39, 0.29) is 6.61 Å². The molecule has 6 heteroatoms. The predicted molar refractivity (Wildman–Crippen MR) is 91.7 cm³/mol. The third kappa shape index (κ3) is 3.40. The molecular formula is C16H17N3OS2. The number of aliphatic hydroxyl groups is 1. The first-order chi connectivity index (χ1) is 10.9. The summed E-state index contributed by atoms with van der Waals surface area (Å²) in [6.45, 7) is 0.242. The maximum atomic E-state index is 8.88. The first kappa shape index (κ1) is 15.3. The van der Waals surface area contributed by atoms with Crippen LogP contribution in [0.15, 0.2) is 53.0 Å². The number of hydrogen-bond acceptors (Lipinski definition) is 5. The number of aliphatic hydroxyl groups excluding tert-OH is 1. The minimum atomic E-state index is 0.242. The van der Waals surface area contributed by atoms with Crippen LogP contribution in [-0.4, -0.2) is 32.2 Å². The van der Waals surface area contributed by atoms with E-state index >= 15 is 0 Å². The zero-order valence-corrected chi connectivity index (χ0v) is 13.7. The fourth-order valence-corrected chi connectivity index (χ4v) is 3.76. The molecule has 0 amide bonds. The van der Waals surface area contributed by atoms with E-state index in [1.54, 1.807) is 23.1 Å². The fraction of sp³-hybridized carbons (Fsp3) is 0.250. The van der Waals surface area contributed by atoms with Crippen LogP contribution in [0.3, 0.4) is 0 Å². The molecule has 1 aromatic carbocycles. The molecule has 2 aromatic heterocycles. The summed E-state index contributed by atoms with van der Waals surface area (Å²) in [4.78, 5) is 1.11. The Bertz CT molecular complexity index is 696. The van der Waals surface area contributed by atoms with Crippen molar-refractivity contribution in [2.45, 2.75) is 18.0 Å². The van der Waals surface area contributed by atoms with Gasteiger partial charge in [-0.15, -0.1) is 21.5 Å². The van der Waals surface area contributed by atoms with E-state index in [4.69, 9.17) is 5.11 Å². The van der Waals surface area contributed by atoms with E-state index < -0.39 is 0 Å². The lowest BCUT2D eigenvalue weighted by atomic mass is 10.3. The van der Waals surface area contributed by atoms with Crippen molar-refractivity contribution in [1.82, 2.24) is 14.8 Å². The average molecular weight is 331 g/mol. The number of thioether (sulfide) groups is 1. The molecule has 22 heavy (non-hydrogen) atoms. The molecular weight excluding hydrogens is 314 g/mol. The summed E-state index contributed by atoms with van der Waals surface area (Å²) in [5, 5.41) is 20.6. The molecule has 0 bridgehead atoms. The summed E-state index contributed by atoms with van der Waals surface area (Å²) in [6.07, 6.45) is 1.79. The van der Waals surface area contributed by atoms with Gasteiger partial charge in [-0.1, -0.05) is 36.0 Å². The smallest absolute Gasteiger partial charge is 0.196 e. The summed E-state index contributed by atoms with van der Waals surface area (Å²) in [5.41, 5.74) is 1.07. The second-order valence-corrected chi connectivity index (χ2v) is 6.74. The van der Waals surface area contributed by atoms with Crippen molar-refractivity contribution in [2.75, 3.05) is 12.4 Å². The van der Waals surface area contributed by atoms with Crippen molar-refractivity contribution in [2.24, 2.45) is 0 Å². The van der Waals surface area contributed by atoms with Gasteiger partial charge in [0.05, 0.1) is 4.88 Å². The lowest BCUT2D eigenvalue weighted by Gasteiger charge is -2.09. The summed E-state index contributed by atoms with van der Waals surface area (Å²) in [6, 6.07) is 14.3.